The van der Waals surface area contributed by atoms with Gasteiger partial charge in [0.25, 0.3) is 5.91 Å². The number of nitrogens with two attached hydrogens (primary N) is 1. The number of thiazole rings is 1. The number of nitrogens with zero attached hydrogens (tertiary/aromatic N) is 3. The molecule has 2 aromatic heterocycles. The molecule has 0 saturated heterocycles. The molecular weight excluding hydrogens is 390 g/mol. The van der Waals surface area contributed by atoms with Crippen molar-refractivity contribution in [3.05, 3.63) is 57.6 Å². The molecule has 0 radical (unpaired) electrons. The third-order valence-corrected chi connectivity index (χ3v) is 4.58. The molecule has 3 N–H and O–H groups in total. The highest BCUT2D eigenvalue weighted by Crippen LogP contribution is 2.29. The summed E-state index contributed by atoms with van der Waals surface area (Å²) in [6.45, 7) is 2.18. The normalized spacial score (nSPS) is 11.5. The first kappa shape index (κ1) is 20.8. The van der Waals surface area contributed by atoms with E-state index in [0.717, 1.165) is 10.6 Å². The van der Waals surface area contributed by atoms with Gasteiger partial charge in [-0.3, -0.25) is 4.79 Å². The standard InChI is InChI=1S/C17H19N5O3S.ClH/c1-10-19-16(22-25-10)15(11-5-3-4-6-13(11)24-2)21-17(23)12-9-26-14(20-12)7-8-18;/h3-6,9,15H,7-8,18H2,1-2H3,(H,21,23);1H. The third kappa shape index (κ3) is 4.82. The summed E-state index contributed by atoms with van der Waals surface area (Å²) in [5.74, 6) is 1.04. The molecule has 10 heteroatoms. The molecule has 0 saturated carbocycles. The zero-order valence-electron chi connectivity index (χ0n) is 14.8. The maximum Gasteiger partial charge on any atom is 0.271 e. The van der Waals surface area contributed by atoms with Gasteiger partial charge in [-0.25, -0.2) is 4.98 Å². The fourth-order valence-electron chi connectivity index (χ4n) is 2.48. The molecule has 0 bridgehead atoms. The summed E-state index contributed by atoms with van der Waals surface area (Å²) in [4.78, 5) is 21.3. The smallest absolute Gasteiger partial charge is 0.271 e. The lowest BCUT2D eigenvalue weighted by Crippen LogP contribution is -2.30. The molecular formula is C17H20ClN5O3S. The fraction of sp³-hybridized carbons (Fsp3) is 0.294. The van der Waals surface area contributed by atoms with Crippen LogP contribution in [0.25, 0.3) is 0 Å². The molecule has 3 rings (SSSR count). The number of hydrogen-bond acceptors (Lipinski definition) is 8. The molecule has 0 fully saturated rings. The van der Waals surface area contributed by atoms with Crippen LogP contribution in [0.15, 0.2) is 34.2 Å². The number of ether oxygens (including phenoxy) is 1. The van der Waals surface area contributed by atoms with Gasteiger partial charge in [-0.1, -0.05) is 23.4 Å². The molecule has 1 aromatic carbocycles. The van der Waals surface area contributed by atoms with Crippen molar-refractivity contribution in [1.29, 1.82) is 0 Å². The van der Waals surface area contributed by atoms with E-state index in [4.69, 9.17) is 15.0 Å². The van der Waals surface area contributed by atoms with E-state index in [-0.39, 0.29) is 18.3 Å². The SMILES string of the molecule is COc1ccccc1C(NC(=O)c1csc(CCN)n1)c1noc(C)n1.Cl. The van der Waals surface area contributed by atoms with Crippen molar-refractivity contribution >= 4 is 29.7 Å². The average molecular weight is 410 g/mol. The van der Waals surface area contributed by atoms with E-state index in [1.807, 2.05) is 24.3 Å². The van der Waals surface area contributed by atoms with Crippen LogP contribution in [0.1, 0.15) is 38.8 Å². The first-order chi connectivity index (χ1) is 12.6. The summed E-state index contributed by atoms with van der Waals surface area (Å²) in [6.07, 6.45) is 0.637. The summed E-state index contributed by atoms with van der Waals surface area (Å²) < 4.78 is 10.5. The van der Waals surface area contributed by atoms with Gasteiger partial charge in [-0.15, -0.1) is 23.7 Å². The van der Waals surface area contributed by atoms with Crippen molar-refractivity contribution in [3.63, 3.8) is 0 Å². The topological polar surface area (TPSA) is 116 Å². The number of hydrogen-bond donors (Lipinski definition) is 2. The van der Waals surface area contributed by atoms with Gasteiger partial charge in [0, 0.05) is 24.3 Å². The molecule has 2 heterocycles. The first-order valence-electron chi connectivity index (χ1n) is 8.00. The van der Waals surface area contributed by atoms with Crippen LogP contribution in [0.4, 0.5) is 0 Å². The number of amides is 1. The number of aromatic nitrogens is 3. The molecule has 1 unspecified atom stereocenters. The molecule has 3 aromatic rings. The number of halogens is 1. The van der Waals surface area contributed by atoms with Crippen molar-refractivity contribution in [2.24, 2.45) is 5.73 Å². The van der Waals surface area contributed by atoms with Gasteiger partial charge in [0.1, 0.15) is 17.5 Å². The Morgan fingerprint density at radius 3 is 2.81 bits per heavy atom. The second-order valence-corrected chi connectivity index (χ2v) is 6.43. The molecule has 8 nitrogen and oxygen atoms in total. The van der Waals surface area contributed by atoms with Crippen LogP contribution in [0, 0.1) is 6.92 Å². The molecule has 0 aliphatic heterocycles. The second kappa shape index (κ2) is 9.45. The lowest BCUT2D eigenvalue weighted by atomic mass is 10.0. The van der Waals surface area contributed by atoms with Crippen LogP contribution < -0.4 is 15.8 Å². The van der Waals surface area contributed by atoms with E-state index in [9.17, 15) is 4.79 Å². The second-order valence-electron chi connectivity index (χ2n) is 5.49. The highest BCUT2D eigenvalue weighted by atomic mass is 35.5. The Hall–Kier alpha value is -2.49. The quantitative estimate of drug-likeness (QED) is 0.614. The Kier molecular flexibility index (Phi) is 7.28. The number of nitrogens with one attached hydrogen (secondary N) is 1. The molecule has 0 spiro atoms. The van der Waals surface area contributed by atoms with E-state index in [2.05, 4.69) is 20.4 Å². The van der Waals surface area contributed by atoms with Crippen LogP contribution in [0.2, 0.25) is 0 Å². The summed E-state index contributed by atoms with van der Waals surface area (Å²) >= 11 is 1.41. The van der Waals surface area contributed by atoms with E-state index >= 15 is 0 Å². The van der Waals surface area contributed by atoms with Crippen molar-refractivity contribution in [2.45, 2.75) is 19.4 Å². The van der Waals surface area contributed by atoms with Crippen molar-refractivity contribution in [2.75, 3.05) is 13.7 Å². The summed E-state index contributed by atoms with van der Waals surface area (Å²) in [5, 5.41) is 9.41. The van der Waals surface area contributed by atoms with Crippen LogP contribution in [-0.2, 0) is 6.42 Å². The summed E-state index contributed by atoms with van der Waals surface area (Å²) in [5.41, 5.74) is 6.59. The number of para-hydroxylation sites is 1. The minimum absolute atomic E-state index is 0. The lowest BCUT2D eigenvalue weighted by molar-refractivity contribution is 0.0936. The monoisotopic (exact) mass is 409 g/mol. The third-order valence-electron chi connectivity index (χ3n) is 3.67. The zero-order valence-corrected chi connectivity index (χ0v) is 16.5. The van der Waals surface area contributed by atoms with Gasteiger partial charge in [-0.2, -0.15) is 4.98 Å². The zero-order chi connectivity index (χ0) is 18.5. The lowest BCUT2D eigenvalue weighted by Gasteiger charge is -2.18. The predicted octanol–water partition coefficient (Wildman–Crippen LogP) is 2.29. The van der Waals surface area contributed by atoms with Crippen LogP contribution in [0.3, 0.4) is 0 Å². The van der Waals surface area contributed by atoms with E-state index in [1.165, 1.54) is 11.3 Å². The number of carbonyl (C=O) groups is 1. The maximum absolute atomic E-state index is 12.7. The van der Waals surface area contributed by atoms with Crippen LogP contribution in [0.5, 0.6) is 5.75 Å². The van der Waals surface area contributed by atoms with Crippen molar-refractivity contribution in [1.82, 2.24) is 20.4 Å². The number of methoxy groups -OCH3 is 1. The van der Waals surface area contributed by atoms with Gasteiger partial charge in [-0.05, 0) is 12.6 Å². The number of rotatable bonds is 7. The van der Waals surface area contributed by atoms with E-state index in [0.29, 0.717) is 36.1 Å². The summed E-state index contributed by atoms with van der Waals surface area (Å²) in [6, 6.07) is 6.73. The van der Waals surface area contributed by atoms with Gasteiger partial charge < -0.3 is 20.3 Å². The van der Waals surface area contributed by atoms with Gasteiger partial charge in [0.15, 0.2) is 5.82 Å². The van der Waals surface area contributed by atoms with Crippen LogP contribution in [-0.4, -0.2) is 34.7 Å². The van der Waals surface area contributed by atoms with Crippen LogP contribution >= 0.6 is 23.7 Å². The number of carbonyl (C=O) groups excluding carboxylic acids is 1. The van der Waals surface area contributed by atoms with Gasteiger partial charge in [0.2, 0.25) is 5.89 Å². The predicted molar refractivity (Wildman–Crippen MR) is 103 cm³/mol. The minimum atomic E-state index is -0.629. The molecule has 0 aliphatic rings. The molecule has 144 valence electrons. The Balaban J connectivity index is 0.00000261. The number of aryl methyl sites for hydroxylation is 1. The maximum atomic E-state index is 12.7. The fourth-order valence-corrected chi connectivity index (χ4v) is 3.27. The van der Waals surface area contributed by atoms with Gasteiger partial charge >= 0.3 is 0 Å². The Bertz CT molecular complexity index is 898. The average Bonchev–Trinajstić information content (AvgIpc) is 3.29. The minimum Gasteiger partial charge on any atom is -0.496 e. The van der Waals surface area contributed by atoms with Crippen molar-refractivity contribution < 1.29 is 14.1 Å². The Morgan fingerprint density at radius 1 is 1.37 bits per heavy atom. The van der Waals surface area contributed by atoms with E-state index < -0.39 is 6.04 Å². The Labute approximate surface area is 166 Å². The van der Waals surface area contributed by atoms with E-state index in [1.54, 1.807) is 19.4 Å². The molecule has 27 heavy (non-hydrogen) atoms. The Morgan fingerprint density at radius 2 is 2.15 bits per heavy atom. The highest BCUT2D eigenvalue weighted by molar-refractivity contribution is 7.09. The first-order valence-corrected chi connectivity index (χ1v) is 8.88. The largest absolute Gasteiger partial charge is 0.496 e. The summed E-state index contributed by atoms with van der Waals surface area (Å²) in [7, 11) is 1.57. The number of benzene rings is 1. The molecule has 0 aliphatic carbocycles. The highest BCUT2D eigenvalue weighted by Gasteiger charge is 2.26. The van der Waals surface area contributed by atoms with Gasteiger partial charge in [0.05, 0.1) is 12.1 Å². The molecule has 1 atom stereocenters. The molecule has 1 amide bonds. The van der Waals surface area contributed by atoms with Crippen molar-refractivity contribution in [3.8, 4) is 5.75 Å².